The van der Waals surface area contributed by atoms with Gasteiger partial charge < -0.3 is 19.9 Å². The van der Waals surface area contributed by atoms with E-state index in [1.165, 1.54) is 13.3 Å². The van der Waals surface area contributed by atoms with Crippen LogP contribution in [0.4, 0.5) is 0 Å². The Morgan fingerprint density at radius 3 is 2.72 bits per heavy atom. The van der Waals surface area contributed by atoms with Gasteiger partial charge in [0.2, 0.25) is 0 Å². The third-order valence-corrected chi connectivity index (χ3v) is 3.52. The van der Waals surface area contributed by atoms with Gasteiger partial charge in [-0.1, -0.05) is 0 Å². The van der Waals surface area contributed by atoms with Crippen molar-refractivity contribution in [2.75, 3.05) is 13.7 Å². The fourth-order valence-corrected chi connectivity index (χ4v) is 2.62. The molecule has 0 amide bonds. The first-order valence-electron chi connectivity index (χ1n) is 5.72. The number of aromatic nitrogens is 2. The van der Waals surface area contributed by atoms with Crippen LogP contribution in [-0.2, 0) is 4.74 Å². The minimum Gasteiger partial charge on any atom is -0.396 e. The van der Waals surface area contributed by atoms with Gasteiger partial charge in [0.1, 0.15) is 0 Å². The molecule has 0 spiro atoms. The SMILES string of the molecule is CO[C@@H]1C(O)[C@H](c2c[nH]c(=O)[nH]c2=O)C[C@@H]1CO. The Labute approximate surface area is 102 Å². The Balaban J connectivity index is 2.34. The highest BCUT2D eigenvalue weighted by Crippen LogP contribution is 2.38. The molecule has 7 nitrogen and oxygen atoms in total. The fourth-order valence-electron chi connectivity index (χ4n) is 2.62. The molecular weight excluding hydrogens is 240 g/mol. The molecule has 7 heteroatoms. The number of aliphatic hydroxyl groups is 2. The lowest BCUT2D eigenvalue weighted by molar-refractivity contribution is -0.0277. The largest absolute Gasteiger partial charge is 0.396 e. The molecule has 1 fully saturated rings. The van der Waals surface area contributed by atoms with Crippen molar-refractivity contribution in [3.05, 3.63) is 32.6 Å². The van der Waals surface area contributed by atoms with Gasteiger partial charge in [0, 0.05) is 37.3 Å². The van der Waals surface area contributed by atoms with E-state index in [9.17, 15) is 19.8 Å². The average molecular weight is 256 g/mol. The predicted octanol–water partition coefficient (Wildman–Crippen LogP) is -1.47. The van der Waals surface area contributed by atoms with Crippen LogP contribution < -0.4 is 11.2 Å². The third-order valence-electron chi connectivity index (χ3n) is 3.52. The number of hydrogen-bond donors (Lipinski definition) is 4. The number of aliphatic hydroxyl groups excluding tert-OH is 2. The van der Waals surface area contributed by atoms with Gasteiger partial charge in [-0.2, -0.15) is 0 Å². The van der Waals surface area contributed by atoms with E-state index in [-0.39, 0.29) is 12.5 Å². The first-order valence-corrected chi connectivity index (χ1v) is 5.72. The summed E-state index contributed by atoms with van der Waals surface area (Å²) in [6.07, 6.45) is 0.359. The topological polar surface area (TPSA) is 115 Å². The molecule has 1 aliphatic rings. The Hall–Kier alpha value is -1.44. The highest BCUT2D eigenvalue weighted by atomic mass is 16.5. The third kappa shape index (κ3) is 2.12. The molecule has 1 aromatic heterocycles. The van der Waals surface area contributed by atoms with Crippen molar-refractivity contribution in [3.63, 3.8) is 0 Å². The Morgan fingerprint density at radius 2 is 2.22 bits per heavy atom. The van der Waals surface area contributed by atoms with Crippen molar-refractivity contribution >= 4 is 0 Å². The average Bonchev–Trinajstić information content (AvgIpc) is 2.66. The van der Waals surface area contributed by atoms with Crippen molar-refractivity contribution in [1.82, 2.24) is 9.97 Å². The molecule has 0 aromatic carbocycles. The summed E-state index contributed by atoms with van der Waals surface area (Å²) in [5.41, 5.74) is -0.797. The lowest BCUT2D eigenvalue weighted by atomic mass is 9.97. The summed E-state index contributed by atoms with van der Waals surface area (Å²) in [6.45, 7) is -0.118. The zero-order valence-electron chi connectivity index (χ0n) is 9.92. The molecule has 100 valence electrons. The van der Waals surface area contributed by atoms with E-state index in [2.05, 4.69) is 9.97 Å². The second-order valence-electron chi connectivity index (χ2n) is 4.50. The van der Waals surface area contributed by atoms with E-state index in [1.807, 2.05) is 0 Å². The van der Waals surface area contributed by atoms with E-state index in [0.29, 0.717) is 12.0 Å². The number of methoxy groups -OCH3 is 1. The van der Waals surface area contributed by atoms with Gasteiger partial charge in [-0.3, -0.25) is 9.78 Å². The zero-order valence-corrected chi connectivity index (χ0v) is 9.92. The number of nitrogens with one attached hydrogen (secondary N) is 2. The van der Waals surface area contributed by atoms with Gasteiger partial charge in [0.15, 0.2) is 0 Å². The lowest BCUT2D eigenvalue weighted by Gasteiger charge is -2.19. The van der Waals surface area contributed by atoms with Gasteiger partial charge >= 0.3 is 5.69 Å². The van der Waals surface area contributed by atoms with E-state index in [1.54, 1.807) is 0 Å². The maximum atomic E-state index is 11.7. The number of aromatic amines is 2. The quantitative estimate of drug-likeness (QED) is 0.527. The molecule has 18 heavy (non-hydrogen) atoms. The number of hydrogen-bond acceptors (Lipinski definition) is 5. The fraction of sp³-hybridized carbons (Fsp3) is 0.636. The Kier molecular flexibility index (Phi) is 3.65. The zero-order chi connectivity index (χ0) is 13.3. The Morgan fingerprint density at radius 1 is 1.50 bits per heavy atom. The van der Waals surface area contributed by atoms with Crippen LogP contribution in [0.3, 0.4) is 0 Å². The molecule has 1 heterocycles. The summed E-state index contributed by atoms with van der Waals surface area (Å²) in [7, 11) is 1.45. The van der Waals surface area contributed by atoms with Gasteiger partial charge in [0.05, 0.1) is 12.2 Å². The summed E-state index contributed by atoms with van der Waals surface area (Å²) in [6, 6.07) is 0. The van der Waals surface area contributed by atoms with Crippen molar-refractivity contribution in [2.45, 2.75) is 24.5 Å². The minimum absolute atomic E-state index is 0.118. The van der Waals surface area contributed by atoms with Crippen molar-refractivity contribution in [2.24, 2.45) is 5.92 Å². The maximum absolute atomic E-state index is 11.7. The monoisotopic (exact) mass is 256 g/mol. The number of ether oxygens (including phenoxy) is 1. The molecule has 2 rings (SSSR count). The molecule has 1 aromatic rings. The molecule has 4 N–H and O–H groups in total. The molecule has 4 atom stereocenters. The molecule has 0 bridgehead atoms. The summed E-state index contributed by atoms with van der Waals surface area (Å²) >= 11 is 0. The van der Waals surface area contributed by atoms with Crippen LogP contribution in [0.2, 0.25) is 0 Å². The van der Waals surface area contributed by atoms with Crippen LogP contribution in [0.15, 0.2) is 15.8 Å². The predicted molar refractivity (Wildman–Crippen MR) is 62.4 cm³/mol. The smallest absolute Gasteiger partial charge is 0.325 e. The molecule has 0 radical (unpaired) electrons. The molecular formula is C11H16N2O5. The maximum Gasteiger partial charge on any atom is 0.325 e. The molecule has 1 saturated carbocycles. The van der Waals surface area contributed by atoms with Gasteiger partial charge in [0.25, 0.3) is 5.56 Å². The van der Waals surface area contributed by atoms with Gasteiger partial charge in [-0.15, -0.1) is 0 Å². The van der Waals surface area contributed by atoms with Crippen LogP contribution in [0.25, 0.3) is 0 Å². The molecule has 1 unspecified atom stereocenters. The Bertz CT molecular complexity index is 523. The second kappa shape index (κ2) is 5.05. The van der Waals surface area contributed by atoms with E-state index < -0.39 is 29.4 Å². The number of H-pyrrole nitrogens is 2. The summed E-state index contributed by atoms with van der Waals surface area (Å²) in [5.74, 6) is -0.672. The van der Waals surface area contributed by atoms with Gasteiger partial charge in [-0.25, -0.2) is 4.79 Å². The molecule has 1 aliphatic carbocycles. The van der Waals surface area contributed by atoms with E-state index in [0.717, 1.165) is 0 Å². The summed E-state index contributed by atoms with van der Waals surface area (Å²) in [5, 5.41) is 19.3. The van der Waals surface area contributed by atoms with Crippen LogP contribution in [0.5, 0.6) is 0 Å². The van der Waals surface area contributed by atoms with Gasteiger partial charge in [-0.05, 0) is 6.42 Å². The van der Waals surface area contributed by atoms with Crippen molar-refractivity contribution in [1.29, 1.82) is 0 Å². The van der Waals surface area contributed by atoms with Crippen LogP contribution in [0.1, 0.15) is 17.9 Å². The first-order chi connectivity index (χ1) is 8.58. The highest BCUT2D eigenvalue weighted by molar-refractivity contribution is 5.17. The van der Waals surface area contributed by atoms with Crippen molar-refractivity contribution < 1.29 is 14.9 Å². The van der Waals surface area contributed by atoms with Crippen LogP contribution in [-0.4, -0.2) is 46.1 Å². The standard InChI is InChI=1S/C11H16N2O5/c1-18-9-5(4-14)2-6(8(9)15)7-3-12-11(17)13-10(7)16/h3,5-6,8-9,14-15H,2,4H2,1H3,(H2,12,13,16,17)/t5-,6+,8?,9+/m1/s1. The summed E-state index contributed by atoms with van der Waals surface area (Å²) in [4.78, 5) is 27.1. The lowest BCUT2D eigenvalue weighted by Crippen LogP contribution is -2.33. The normalized spacial score (nSPS) is 31.7. The van der Waals surface area contributed by atoms with E-state index in [4.69, 9.17) is 4.74 Å². The van der Waals surface area contributed by atoms with Crippen molar-refractivity contribution in [3.8, 4) is 0 Å². The van der Waals surface area contributed by atoms with Crippen LogP contribution >= 0.6 is 0 Å². The van der Waals surface area contributed by atoms with E-state index >= 15 is 0 Å². The molecule has 0 saturated heterocycles. The molecule has 0 aliphatic heterocycles. The summed E-state index contributed by atoms with van der Waals surface area (Å²) < 4.78 is 5.15. The second-order valence-corrected chi connectivity index (χ2v) is 4.50. The highest BCUT2D eigenvalue weighted by Gasteiger charge is 2.43. The minimum atomic E-state index is -0.876. The van der Waals surface area contributed by atoms with Crippen LogP contribution in [0, 0.1) is 5.92 Å². The first kappa shape index (κ1) is 13.0. The number of rotatable bonds is 3.